The summed E-state index contributed by atoms with van der Waals surface area (Å²) in [6.07, 6.45) is 5.48. The molecule has 1 aromatic carbocycles. The Morgan fingerprint density at radius 1 is 1.06 bits per heavy atom. The highest BCUT2D eigenvalue weighted by Crippen LogP contribution is 2.37. The SMILES string of the molecule is COC(=O)C1=C(C(=O)OC)N(c2cccc(F)c2OC2CCN(C(=O)OC(C)(C)C)C2)C=CC=C1. The molecule has 9 nitrogen and oxygen atoms in total. The number of para-hydroxylation sites is 1. The molecular formula is C25H29FN2O7. The number of benzene rings is 1. The monoisotopic (exact) mass is 488 g/mol. The highest BCUT2D eigenvalue weighted by atomic mass is 19.1. The molecule has 188 valence electrons. The zero-order valence-electron chi connectivity index (χ0n) is 20.4. The lowest BCUT2D eigenvalue weighted by Crippen LogP contribution is -2.36. The first-order chi connectivity index (χ1) is 16.6. The predicted octanol–water partition coefficient (Wildman–Crippen LogP) is 3.70. The molecule has 2 aliphatic rings. The van der Waals surface area contributed by atoms with E-state index >= 15 is 4.39 Å². The van der Waals surface area contributed by atoms with Crippen LogP contribution in [0.2, 0.25) is 0 Å². The zero-order valence-corrected chi connectivity index (χ0v) is 20.4. The van der Waals surface area contributed by atoms with Crippen LogP contribution in [0.25, 0.3) is 0 Å². The van der Waals surface area contributed by atoms with Gasteiger partial charge in [0.25, 0.3) is 0 Å². The second kappa shape index (κ2) is 10.6. The van der Waals surface area contributed by atoms with Crippen molar-refractivity contribution in [2.75, 3.05) is 32.2 Å². The number of rotatable bonds is 5. The van der Waals surface area contributed by atoms with Gasteiger partial charge in [-0.15, -0.1) is 0 Å². The number of ether oxygens (including phenoxy) is 4. The molecule has 1 fully saturated rings. The molecule has 0 radical (unpaired) electrons. The van der Waals surface area contributed by atoms with Gasteiger partial charge in [-0.25, -0.2) is 18.8 Å². The van der Waals surface area contributed by atoms with Gasteiger partial charge in [0, 0.05) is 19.2 Å². The third kappa shape index (κ3) is 6.00. The number of anilines is 1. The van der Waals surface area contributed by atoms with Crippen molar-refractivity contribution in [2.45, 2.75) is 38.9 Å². The fourth-order valence-corrected chi connectivity index (χ4v) is 3.64. The van der Waals surface area contributed by atoms with Crippen molar-refractivity contribution in [1.82, 2.24) is 4.90 Å². The average Bonchev–Trinajstić information content (AvgIpc) is 3.16. The van der Waals surface area contributed by atoms with E-state index in [2.05, 4.69) is 0 Å². The van der Waals surface area contributed by atoms with Crippen molar-refractivity contribution in [2.24, 2.45) is 0 Å². The number of amides is 1. The van der Waals surface area contributed by atoms with Gasteiger partial charge in [-0.2, -0.15) is 0 Å². The summed E-state index contributed by atoms with van der Waals surface area (Å²) in [6.45, 7) is 5.92. The van der Waals surface area contributed by atoms with Gasteiger partial charge in [-0.1, -0.05) is 12.1 Å². The molecule has 2 heterocycles. The molecule has 1 saturated heterocycles. The summed E-state index contributed by atoms with van der Waals surface area (Å²) in [7, 11) is 2.36. The van der Waals surface area contributed by atoms with Crippen LogP contribution in [0, 0.1) is 5.82 Å². The van der Waals surface area contributed by atoms with E-state index in [1.165, 1.54) is 48.4 Å². The number of esters is 2. The molecule has 1 atom stereocenters. The normalized spacial score (nSPS) is 17.8. The van der Waals surface area contributed by atoms with Crippen LogP contribution in [-0.2, 0) is 23.8 Å². The summed E-state index contributed by atoms with van der Waals surface area (Å²) in [6, 6.07) is 4.23. The van der Waals surface area contributed by atoms with Crippen molar-refractivity contribution < 1.29 is 37.7 Å². The number of carbonyl (C=O) groups is 3. The Morgan fingerprint density at radius 2 is 1.77 bits per heavy atom. The Labute approximate surface area is 203 Å². The van der Waals surface area contributed by atoms with E-state index in [-0.39, 0.29) is 29.3 Å². The fraction of sp³-hybridized carbons (Fsp3) is 0.400. The first-order valence-electron chi connectivity index (χ1n) is 11.0. The maximum Gasteiger partial charge on any atom is 0.410 e. The van der Waals surface area contributed by atoms with Gasteiger partial charge >= 0.3 is 18.0 Å². The van der Waals surface area contributed by atoms with Crippen LogP contribution in [-0.4, -0.2) is 61.9 Å². The van der Waals surface area contributed by atoms with Gasteiger partial charge in [0.15, 0.2) is 11.6 Å². The van der Waals surface area contributed by atoms with Gasteiger partial charge in [0.2, 0.25) is 0 Å². The maximum atomic E-state index is 15.0. The van der Waals surface area contributed by atoms with Crippen molar-refractivity contribution in [1.29, 1.82) is 0 Å². The minimum absolute atomic E-state index is 0.0727. The van der Waals surface area contributed by atoms with Crippen LogP contribution in [0.3, 0.4) is 0 Å². The van der Waals surface area contributed by atoms with Crippen molar-refractivity contribution >= 4 is 23.7 Å². The molecule has 1 amide bonds. The molecule has 35 heavy (non-hydrogen) atoms. The van der Waals surface area contributed by atoms with Crippen LogP contribution >= 0.6 is 0 Å². The van der Waals surface area contributed by atoms with E-state index in [4.69, 9.17) is 18.9 Å². The van der Waals surface area contributed by atoms with Gasteiger partial charge < -0.3 is 28.7 Å². The molecule has 2 aliphatic heterocycles. The highest BCUT2D eigenvalue weighted by Gasteiger charge is 2.34. The Kier molecular flexibility index (Phi) is 7.83. The Hall–Kier alpha value is -3.82. The standard InChI is InChI=1S/C25H29FN2O7/c1-25(2,3)35-24(31)27-14-12-16(15-27)34-21-18(26)10-8-11-19(21)28-13-7-6-9-17(22(29)32-4)20(28)23(30)33-5/h6-11,13,16H,12,14-15H2,1-5H3. The maximum absolute atomic E-state index is 15.0. The van der Waals surface area contributed by atoms with Crippen molar-refractivity contribution in [3.8, 4) is 5.75 Å². The molecule has 0 N–H and O–H groups in total. The number of hydrogen-bond acceptors (Lipinski definition) is 8. The molecule has 1 aromatic rings. The summed E-state index contributed by atoms with van der Waals surface area (Å²) in [5.74, 6) is -2.40. The average molecular weight is 489 g/mol. The molecule has 0 aromatic heterocycles. The molecule has 1 unspecified atom stereocenters. The highest BCUT2D eigenvalue weighted by molar-refractivity contribution is 6.05. The molecular weight excluding hydrogens is 459 g/mol. The van der Waals surface area contributed by atoms with Crippen LogP contribution in [0.5, 0.6) is 5.75 Å². The Bertz CT molecular complexity index is 1090. The Balaban J connectivity index is 1.95. The van der Waals surface area contributed by atoms with Crippen LogP contribution in [0.15, 0.2) is 53.9 Å². The fourth-order valence-electron chi connectivity index (χ4n) is 3.64. The number of likely N-dealkylation sites (tertiary alicyclic amines) is 1. The lowest BCUT2D eigenvalue weighted by Gasteiger charge is -2.27. The number of halogens is 1. The molecule has 3 rings (SSSR count). The minimum Gasteiger partial charge on any atom is -0.483 e. The van der Waals surface area contributed by atoms with E-state index in [0.717, 1.165) is 0 Å². The largest absolute Gasteiger partial charge is 0.483 e. The minimum atomic E-state index is -0.825. The summed E-state index contributed by atoms with van der Waals surface area (Å²) < 4.78 is 36.2. The summed E-state index contributed by atoms with van der Waals surface area (Å²) >= 11 is 0. The van der Waals surface area contributed by atoms with Crippen molar-refractivity contribution in [3.63, 3.8) is 0 Å². The van der Waals surface area contributed by atoms with Crippen LogP contribution in [0.4, 0.5) is 14.9 Å². The van der Waals surface area contributed by atoms with Crippen LogP contribution < -0.4 is 9.64 Å². The lowest BCUT2D eigenvalue weighted by molar-refractivity contribution is -0.139. The second-order valence-electron chi connectivity index (χ2n) is 8.86. The van der Waals surface area contributed by atoms with Gasteiger partial charge in [0.1, 0.15) is 17.4 Å². The number of allylic oxidation sites excluding steroid dienone is 2. The second-order valence-corrected chi connectivity index (χ2v) is 8.86. The number of methoxy groups -OCH3 is 2. The topological polar surface area (TPSA) is 94.6 Å². The van der Waals surface area contributed by atoms with Gasteiger partial charge in [0.05, 0.1) is 32.0 Å². The molecule has 10 heteroatoms. The van der Waals surface area contributed by atoms with E-state index in [9.17, 15) is 14.4 Å². The third-order valence-corrected chi connectivity index (χ3v) is 5.18. The lowest BCUT2D eigenvalue weighted by atomic mass is 10.1. The third-order valence-electron chi connectivity index (χ3n) is 5.18. The van der Waals surface area contributed by atoms with E-state index in [1.807, 2.05) is 0 Å². The zero-order chi connectivity index (χ0) is 25.8. The number of nitrogens with zero attached hydrogens (tertiary/aromatic N) is 2. The van der Waals surface area contributed by atoms with Crippen molar-refractivity contribution in [3.05, 3.63) is 59.7 Å². The quantitative estimate of drug-likeness (QED) is 0.458. The Morgan fingerprint density at radius 3 is 2.43 bits per heavy atom. The van der Waals surface area contributed by atoms with Crippen LogP contribution in [0.1, 0.15) is 27.2 Å². The van der Waals surface area contributed by atoms with E-state index in [1.54, 1.807) is 39.0 Å². The smallest absolute Gasteiger partial charge is 0.410 e. The molecule has 0 aliphatic carbocycles. The predicted molar refractivity (Wildman–Crippen MR) is 125 cm³/mol. The summed E-state index contributed by atoms with van der Waals surface area (Å²) in [5.41, 5.74) is -0.712. The van der Waals surface area contributed by atoms with E-state index in [0.29, 0.717) is 13.0 Å². The molecule has 0 bridgehead atoms. The summed E-state index contributed by atoms with van der Waals surface area (Å²) in [5, 5.41) is 0. The number of carbonyl (C=O) groups excluding carboxylic acids is 3. The first kappa shape index (κ1) is 25.8. The van der Waals surface area contributed by atoms with Gasteiger partial charge in [-0.3, -0.25) is 0 Å². The molecule has 0 saturated carbocycles. The van der Waals surface area contributed by atoms with Gasteiger partial charge in [-0.05, 0) is 45.1 Å². The molecule has 0 spiro atoms. The number of hydrogen-bond donors (Lipinski definition) is 0. The van der Waals surface area contributed by atoms with E-state index < -0.39 is 35.6 Å². The summed E-state index contributed by atoms with van der Waals surface area (Å²) in [4.78, 5) is 40.3. The first-order valence-corrected chi connectivity index (χ1v) is 11.0.